The van der Waals surface area contributed by atoms with Crippen LogP contribution < -0.4 is 0 Å². The molecule has 1 aromatic heterocycles. The number of thiophene rings is 1. The van der Waals surface area contributed by atoms with Gasteiger partial charge in [0.2, 0.25) is 0 Å². The van der Waals surface area contributed by atoms with E-state index in [2.05, 4.69) is 35.0 Å². The molecule has 0 spiro atoms. The number of alkyl halides is 1. The predicted molar refractivity (Wildman–Crippen MR) is 75.6 cm³/mol. The van der Waals surface area contributed by atoms with E-state index in [1.165, 1.54) is 15.8 Å². The second-order valence-corrected chi connectivity index (χ2v) is 6.14. The summed E-state index contributed by atoms with van der Waals surface area (Å²) in [4.78, 5) is 2.68. The zero-order valence-electron chi connectivity index (χ0n) is 9.84. The van der Waals surface area contributed by atoms with Gasteiger partial charge in [0.25, 0.3) is 0 Å². The molecule has 0 N–H and O–H groups in total. The summed E-state index contributed by atoms with van der Waals surface area (Å²) in [6, 6.07) is 9.20. The standard InChI is InChI=1S/C14H14BrFS/c1-3-11-6-7-13(17-11)14(15)12-8-10(16)5-4-9(12)2/h4-8,14H,3H2,1-2H3. The fraction of sp³-hybridized carbons (Fsp3) is 0.286. The van der Waals surface area contributed by atoms with Crippen molar-refractivity contribution >= 4 is 27.3 Å². The molecule has 1 heterocycles. The van der Waals surface area contributed by atoms with Crippen LogP contribution >= 0.6 is 27.3 Å². The quantitative estimate of drug-likeness (QED) is 0.680. The fourth-order valence-electron chi connectivity index (χ4n) is 1.76. The van der Waals surface area contributed by atoms with E-state index in [1.54, 1.807) is 17.4 Å². The molecule has 1 aromatic carbocycles. The summed E-state index contributed by atoms with van der Waals surface area (Å²) < 4.78 is 13.3. The van der Waals surface area contributed by atoms with Crippen molar-refractivity contribution in [2.45, 2.75) is 25.1 Å². The van der Waals surface area contributed by atoms with E-state index in [9.17, 15) is 4.39 Å². The van der Waals surface area contributed by atoms with Crippen molar-refractivity contribution in [2.24, 2.45) is 0 Å². The van der Waals surface area contributed by atoms with Gasteiger partial charge in [-0.3, -0.25) is 0 Å². The molecule has 0 fully saturated rings. The van der Waals surface area contributed by atoms with Crippen LogP contribution in [0.1, 0.15) is 32.6 Å². The minimum absolute atomic E-state index is 0.0866. The first-order chi connectivity index (χ1) is 8.11. The van der Waals surface area contributed by atoms with E-state index in [4.69, 9.17) is 0 Å². The molecular formula is C14H14BrFS. The highest BCUT2D eigenvalue weighted by Gasteiger charge is 2.15. The van der Waals surface area contributed by atoms with E-state index in [1.807, 2.05) is 13.0 Å². The van der Waals surface area contributed by atoms with Crippen LogP contribution in [0.2, 0.25) is 0 Å². The number of benzene rings is 1. The van der Waals surface area contributed by atoms with Gasteiger partial charge in [-0.05, 0) is 48.7 Å². The highest BCUT2D eigenvalue weighted by molar-refractivity contribution is 9.09. The molecule has 0 saturated heterocycles. The van der Waals surface area contributed by atoms with Crippen molar-refractivity contribution in [1.29, 1.82) is 0 Å². The molecule has 3 heteroatoms. The maximum Gasteiger partial charge on any atom is 0.123 e. The Morgan fingerprint density at radius 3 is 2.71 bits per heavy atom. The SMILES string of the molecule is CCc1ccc(C(Br)c2cc(F)ccc2C)s1. The topological polar surface area (TPSA) is 0 Å². The lowest BCUT2D eigenvalue weighted by Crippen LogP contribution is -1.94. The van der Waals surface area contributed by atoms with Crippen LogP contribution in [0.3, 0.4) is 0 Å². The second kappa shape index (κ2) is 5.32. The average Bonchev–Trinajstić information content (AvgIpc) is 2.80. The Bertz CT molecular complexity index is 519. The van der Waals surface area contributed by atoms with Crippen LogP contribution in [0, 0.1) is 12.7 Å². The van der Waals surface area contributed by atoms with Crippen molar-refractivity contribution in [3.8, 4) is 0 Å². The Labute approximate surface area is 114 Å². The number of halogens is 2. The summed E-state index contributed by atoms with van der Waals surface area (Å²) in [6.07, 6.45) is 1.05. The molecule has 17 heavy (non-hydrogen) atoms. The summed E-state index contributed by atoms with van der Waals surface area (Å²) in [5, 5.41) is 0. The Kier molecular flexibility index (Phi) is 4.00. The molecule has 2 rings (SSSR count). The van der Waals surface area contributed by atoms with Gasteiger partial charge in [0.05, 0.1) is 4.83 Å². The van der Waals surface area contributed by atoms with E-state index in [-0.39, 0.29) is 10.6 Å². The smallest absolute Gasteiger partial charge is 0.123 e. The summed E-state index contributed by atoms with van der Waals surface area (Å²) >= 11 is 5.45. The molecular weight excluding hydrogens is 299 g/mol. The van der Waals surface area contributed by atoms with E-state index in [0.29, 0.717) is 0 Å². The zero-order valence-corrected chi connectivity index (χ0v) is 12.2. The molecule has 0 nitrogen and oxygen atoms in total. The average molecular weight is 313 g/mol. The monoisotopic (exact) mass is 312 g/mol. The van der Waals surface area contributed by atoms with Crippen molar-refractivity contribution < 1.29 is 4.39 Å². The van der Waals surface area contributed by atoms with Gasteiger partial charge in [-0.1, -0.05) is 28.9 Å². The summed E-state index contributed by atoms with van der Waals surface area (Å²) in [5.41, 5.74) is 2.12. The molecule has 0 aliphatic rings. The Hall–Kier alpha value is -0.670. The lowest BCUT2D eigenvalue weighted by Gasteiger charge is -2.11. The van der Waals surface area contributed by atoms with E-state index in [0.717, 1.165) is 17.5 Å². The lowest BCUT2D eigenvalue weighted by molar-refractivity contribution is 0.625. The first kappa shape index (κ1) is 12.8. The van der Waals surface area contributed by atoms with Crippen LogP contribution in [-0.2, 0) is 6.42 Å². The molecule has 0 aliphatic carbocycles. The third-order valence-corrected chi connectivity index (χ3v) is 5.38. The molecule has 0 saturated carbocycles. The van der Waals surface area contributed by atoms with Crippen LogP contribution in [0.15, 0.2) is 30.3 Å². The van der Waals surface area contributed by atoms with Crippen molar-refractivity contribution in [1.82, 2.24) is 0 Å². The Balaban J connectivity index is 2.35. The fourth-order valence-corrected chi connectivity index (χ4v) is 3.63. The van der Waals surface area contributed by atoms with Gasteiger partial charge in [0.1, 0.15) is 5.82 Å². The van der Waals surface area contributed by atoms with Crippen LogP contribution in [0.25, 0.3) is 0 Å². The van der Waals surface area contributed by atoms with Gasteiger partial charge in [0.15, 0.2) is 0 Å². The Morgan fingerprint density at radius 1 is 1.29 bits per heavy atom. The zero-order chi connectivity index (χ0) is 12.4. The molecule has 90 valence electrons. The molecule has 0 amide bonds. The largest absolute Gasteiger partial charge is 0.207 e. The van der Waals surface area contributed by atoms with Gasteiger partial charge >= 0.3 is 0 Å². The normalized spacial score (nSPS) is 12.7. The molecule has 1 atom stereocenters. The van der Waals surface area contributed by atoms with Crippen LogP contribution in [0.5, 0.6) is 0 Å². The third kappa shape index (κ3) is 2.78. The third-order valence-electron chi connectivity index (χ3n) is 2.80. The van der Waals surface area contributed by atoms with Crippen molar-refractivity contribution in [3.63, 3.8) is 0 Å². The number of hydrogen-bond acceptors (Lipinski definition) is 1. The Morgan fingerprint density at radius 2 is 2.06 bits per heavy atom. The first-order valence-corrected chi connectivity index (χ1v) is 7.33. The second-order valence-electron chi connectivity index (χ2n) is 4.02. The summed E-state index contributed by atoms with van der Waals surface area (Å²) in [6.45, 7) is 4.16. The predicted octanol–water partition coefficient (Wildman–Crippen LogP) is 5.24. The van der Waals surface area contributed by atoms with Crippen molar-refractivity contribution in [3.05, 3.63) is 57.0 Å². The van der Waals surface area contributed by atoms with Crippen LogP contribution in [0.4, 0.5) is 4.39 Å². The molecule has 0 radical (unpaired) electrons. The van der Waals surface area contributed by atoms with E-state index < -0.39 is 0 Å². The van der Waals surface area contributed by atoms with Gasteiger partial charge < -0.3 is 0 Å². The van der Waals surface area contributed by atoms with E-state index >= 15 is 0 Å². The van der Waals surface area contributed by atoms with Gasteiger partial charge in [-0.25, -0.2) is 4.39 Å². The summed E-state index contributed by atoms with van der Waals surface area (Å²) in [5.74, 6) is -0.178. The van der Waals surface area contributed by atoms with Gasteiger partial charge in [0, 0.05) is 9.75 Å². The van der Waals surface area contributed by atoms with Crippen molar-refractivity contribution in [2.75, 3.05) is 0 Å². The van der Waals surface area contributed by atoms with Gasteiger partial charge in [-0.2, -0.15) is 0 Å². The minimum Gasteiger partial charge on any atom is -0.207 e. The highest BCUT2D eigenvalue weighted by Crippen LogP contribution is 2.37. The number of rotatable bonds is 3. The maximum absolute atomic E-state index is 13.3. The lowest BCUT2D eigenvalue weighted by atomic mass is 10.0. The molecule has 0 aliphatic heterocycles. The highest BCUT2D eigenvalue weighted by atomic mass is 79.9. The number of aryl methyl sites for hydroxylation is 2. The minimum atomic E-state index is -0.178. The first-order valence-electron chi connectivity index (χ1n) is 5.60. The van der Waals surface area contributed by atoms with Crippen LogP contribution in [-0.4, -0.2) is 0 Å². The molecule has 0 bridgehead atoms. The van der Waals surface area contributed by atoms with Gasteiger partial charge in [-0.15, -0.1) is 11.3 Å². The molecule has 2 aromatic rings. The number of hydrogen-bond donors (Lipinski definition) is 0. The maximum atomic E-state index is 13.3. The molecule has 1 unspecified atom stereocenters. The summed E-state index contributed by atoms with van der Waals surface area (Å²) in [7, 11) is 0.